The Hall–Kier alpha value is -0.630. The first-order valence-electron chi connectivity index (χ1n) is 4.38. The van der Waals surface area contributed by atoms with E-state index in [0.717, 1.165) is 0 Å². The molecular weight excluding hydrogens is 228 g/mol. The number of hydrogen-bond acceptors (Lipinski definition) is 1. The van der Waals surface area contributed by atoms with Crippen molar-refractivity contribution in [2.45, 2.75) is 17.2 Å². The molecule has 0 amide bonds. The molecule has 0 aromatic heterocycles. The van der Waals surface area contributed by atoms with Gasteiger partial charge in [-0.15, -0.1) is 6.42 Å². The van der Waals surface area contributed by atoms with Gasteiger partial charge in [0.05, 0.1) is 0 Å². The van der Waals surface area contributed by atoms with Crippen LogP contribution in [0.5, 0.6) is 0 Å². The zero-order chi connectivity index (χ0) is 9.26. The second kappa shape index (κ2) is 3.62. The minimum absolute atomic E-state index is 0.458. The summed E-state index contributed by atoms with van der Waals surface area (Å²) in [6, 6.07) is 10.3. The van der Waals surface area contributed by atoms with Crippen molar-refractivity contribution in [1.29, 1.82) is 0 Å². The van der Waals surface area contributed by atoms with Crippen molar-refractivity contribution in [3.63, 3.8) is 0 Å². The predicted octanol–water partition coefficient (Wildman–Crippen LogP) is 2.66. The molecule has 68 valence electrons. The van der Waals surface area contributed by atoms with Gasteiger partial charge in [0, 0.05) is 4.83 Å². The summed E-state index contributed by atoms with van der Waals surface area (Å²) in [6.07, 6.45) is 2.53. The summed E-state index contributed by atoms with van der Waals surface area (Å²) in [7, 11) is 0. The van der Waals surface area contributed by atoms with Crippen molar-refractivity contribution in [2.24, 2.45) is 5.92 Å². The van der Waals surface area contributed by atoms with Gasteiger partial charge in [-0.2, -0.15) is 0 Å². The molecule has 13 heavy (non-hydrogen) atoms. The third kappa shape index (κ3) is 1.68. The number of rotatable bonds is 3. The van der Waals surface area contributed by atoms with Crippen LogP contribution in [0.1, 0.15) is 17.9 Å². The van der Waals surface area contributed by atoms with Gasteiger partial charge in [0.15, 0.2) is 0 Å². The van der Waals surface area contributed by atoms with Crippen molar-refractivity contribution < 1.29 is 4.79 Å². The highest BCUT2D eigenvalue weighted by Gasteiger charge is 2.46. The summed E-state index contributed by atoms with van der Waals surface area (Å²) < 4.78 is 0. The number of benzene rings is 1. The third-order valence-corrected chi connectivity index (χ3v) is 3.82. The summed E-state index contributed by atoms with van der Waals surface area (Å²) in [5.74, 6) is 0.975. The summed E-state index contributed by atoms with van der Waals surface area (Å²) in [6.45, 7) is 0. The number of hydrogen-bond donors (Lipinski definition) is 0. The van der Waals surface area contributed by atoms with Gasteiger partial charge in [-0.1, -0.05) is 46.3 Å². The standard InChI is InChI=1S/C11H10BrO/c12-11-9(6-7-13)10(11)8-4-2-1-3-5-8/h1-5,9-11H,6H2/q-1/t9-,10+,11+/m0/s1. The molecule has 2 rings (SSSR count). The van der Waals surface area contributed by atoms with E-state index in [1.54, 1.807) is 0 Å². The quantitative estimate of drug-likeness (QED) is 0.584. The first kappa shape index (κ1) is 8.95. The summed E-state index contributed by atoms with van der Waals surface area (Å²) in [4.78, 5) is 10.7. The largest absolute Gasteiger partial charge is 0.542 e. The minimum Gasteiger partial charge on any atom is -0.542 e. The highest BCUT2D eigenvalue weighted by atomic mass is 79.9. The minimum atomic E-state index is 0.458. The Labute approximate surface area is 86.3 Å². The highest BCUT2D eigenvalue weighted by Crippen LogP contribution is 2.54. The number of alkyl halides is 1. The molecule has 1 saturated carbocycles. The van der Waals surface area contributed by atoms with Crippen LogP contribution in [-0.2, 0) is 4.79 Å². The zero-order valence-electron chi connectivity index (χ0n) is 7.11. The Morgan fingerprint density at radius 1 is 1.31 bits per heavy atom. The van der Waals surface area contributed by atoms with Gasteiger partial charge in [0.1, 0.15) is 0 Å². The molecule has 0 N–H and O–H groups in total. The first-order chi connectivity index (χ1) is 6.34. The topological polar surface area (TPSA) is 17.1 Å². The van der Waals surface area contributed by atoms with Crippen LogP contribution in [0.3, 0.4) is 0 Å². The Morgan fingerprint density at radius 3 is 2.62 bits per heavy atom. The van der Waals surface area contributed by atoms with Gasteiger partial charge in [-0.25, -0.2) is 0 Å². The maximum absolute atomic E-state index is 10.2. The highest BCUT2D eigenvalue weighted by molar-refractivity contribution is 9.09. The monoisotopic (exact) mass is 237 g/mol. The van der Waals surface area contributed by atoms with Crippen LogP contribution in [0.2, 0.25) is 0 Å². The lowest BCUT2D eigenvalue weighted by Gasteiger charge is -1.98. The first-order valence-corrected chi connectivity index (χ1v) is 5.30. The average Bonchev–Trinajstić information content (AvgIpc) is 2.79. The molecule has 0 bridgehead atoms. The molecule has 0 saturated heterocycles. The lowest BCUT2D eigenvalue weighted by molar-refractivity contribution is 0.546. The van der Waals surface area contributed by atoms with Crippen molar-refractivity contribution in [1.82, 2.24) is 0 Å². The lowest BCUT2D eigenvalue weighted by atomic mass is 10.1. The van der Waals surface area contributed by atoms with Crippen LogP contribution in [0.4, 0.5) is 0 Å². The molecule has 1 nitrogen and oxygen atoms in total. The molecule has 2 heteroatoms. The molecule has 1 aromatic rings. The van der Waals surface area contributed by atoms with E-state index < -0.39 is 0 Å². The normalized spacial score (nSPS) is 31.3. The molecule has 0 unspecified atom stereocenters. The second-order valence-corrected chi connectivity index (χ2v) is 4.45. The summed E-state index contributed by atoms with van der Waals surface area (Å²) >= 11 is 3.57. The van der Waals surface area contributed by atoms with Gasteiger partial charge < -0.3 is 4.79 Å². The van der Waals surface area contributed by atoms with Gasteiger partial charge in [-0.3, -0.25) is 6.29 Å². The maximum atomic E-state index is 10.2. The molecule has 0 radical (unpaired) electrons. The van der Waals surface area contributed by atoms with Gasteiger partial charge in [0.2, 0.25) is 0 Å². The van der Waals surface area contributed by atoms with Crippen LogP contribution in [0.15, 0.2) is 30.3 Å². The average molecular weight is 238 g/mol. The molecule has 0 heterocycles. The van der Waals surface area contributed by atoms with E-state index >= 15 is 0 Å². The fraction of sp³-hybridized carbons (Fsp3) is 0.364. The molecule has 1 fully saturated rings. The van der Waals surface area contributed by atoms with Crippen molar-refractivity contribution >= 4 is 22.2 Å². The van der Waals surface area contributed by atoms with E-state index in [4.69, 9.17) is 0 Å². The molecule has 0 spiro atoms. The number of carbonyl (C=O) groups excluding carboxylic acids is 1. The van der Waals surface area contributed by atoms with Crippen LogP contribution < -0.4 is 0 Å². The van der Waals surface area contributed by atoms with Crippen molar-refractivity contribution in [3.05, 3.63) is 35.9 Å². The van der Waals surface area contributed by atoms with Crippen molar-refractivity contribution in [3.8, 4) is 0 Å². The molecule has 1 aromatic carbocycles. The molecule has 3 atom stereocenters. The van der Waals surface area contributed by atoms with Crippen molar-refractivity contribution in [2.75, 3.05) is 0 Å². The van der Waals surface area contributed by atoms with Crippen LogP contribution in [-0.4, -0.2) is 11.1 Å². The van der Waals surface area contributed by atoms with Gasteiger partial charge >= 0.3 is 0 Å². The smallest absolute Gasteiger partial charge is 0.0228 e. The van der Waals surface area contributed by atoms with E-state index in [2.05, 4.69) is 28.1 Å². The Bertz CT molecular complexity index is 296. The molecule has 1 aliphatic carbocycles. The van der Waals surface area contributed by atoms with Gasteiger partial charge in [0.25, 0.3) is 0 Å². The Kier molecular flexibility index (Phi) is 2.49. The Balaban J connectivity index is 2.09. The number of halogens is 1. The van der Waals surface area contributed by atoms with E-state index in [1.807, 2.05) is 24.5 Å². The van der Waals surface area contributed by atoms with Crippen LogP contribution in [0, 0.1) is 5.92 Å². The fourth-order valence-electron chi connectivity index (χ4n) is 1.77. The maximum Gasteiger partial charge on any atom is 0.0228 e. The summed E-state index contributed by atoms with van der Waals surface area (Å²) in [5, 5.41) is 0. The van der Waals surface area contributed by atoms with Crippen LogP contribution >= 0.6 is 15.9 Å². The zero-order valence-corrected chi connectivity index (χ0v) is 8.70. The third-order valence-electron chi connectivity index (χ3n) is 2.58. The van der Waals surface area contributed by atoms with E-state index in [1.165, 1.54) is 5.56 Å². The van der Waals surface area contributed by atoms with Gasteiger partial charge in [-0.05, 0) is 17.4 Å². The SMILES string of the molecule is O=[C-]C[C@@H]1[C@@H](Br)[C@@H]1c1ccccc1. The second-order valence-electron chi connectivity index (χ2n) is 3.39. The summed E-state index contributed by atoms with van der Waals surface area (Å²) in [5.41, 5.74) is 1.32. The lowest BCUT2D eigenvalue weighted by Crippen LogP contribution is -1.83. The molecule has 0 aliphatic heterocycles. The van der Waals surface area contributed by atoms with Crippen LogP contribution in [0.25, 0.3) is 0 Å². The molecule has 1 aliphatic rings. The van der Waals surface area contributed by atoms with E-state index in [0.29, 0.717) is 23.1 Å². The fourth-order valence-corrected chi connectivity index (χ4v) is 2.81. The molecular formula is C11H10BrO-. The predicted molar refractivity (Wildman–Crippen MR) is 55.7 cm³/mol. The Morgan fingerprint density at radius 2 is 2.00 bits per heavy atom. The van der Waals surface area contributed by atoms with E-state index in [-0.39, 0.29) is 0 Å². The van der Waals surface area contributed by atoms with E-state index in [9.17, 15) is 4.79 Å².